The first-order valence-corrected chi connectivity index (χ1v) is 13.0. The molecule has 6 heteroatoms. The summed E-state index contributed by atoms with van der Waals surface area (Å²) in [6.45, 7) is 14.9. The Balaban J connectivity index is 1.43. The van der Waals surface area contributed by atoms with E-state index in [0.717, 1.165) is 23.7 Å². The van der Waals surface area contributed by atoms with Gasteiger partial charge in [0.05, 0.1) is 19.8 Å². The third-order valence-corrected chi connectivity index (χ3v) is 8.14. The van der Waals surface area contributed by atoms with Gasteiger partial charge in [0.25, 0.3) is 0 Å². The van der Waals surface area contributed by atoms with Crippen LogP contribution in [0.25, 0.3) is 0 Å². The largest absolute Gasteiger partial charge is 0.493 e. The van der Waals surface area contributed by atoms with Gasteiger partial charge in [-0.2, -0.15) is 0 Å². The average molecular weight is 496 g/mol. The zero-order valence-electron chi connectivity index (χ0n) is 22.8. The van der Waals surface area contributed by atoms with Gasteiger partial charge < -0.3 is 19.3 Å². The molecular formula is C30H41NO5. The molecule has 2 unspecified atom stereocenters. The van der Waals surface area contributed by atoms with Crippen LogP contribution >= 0.6 is 0 Å². The second-order valence-corrected chi connectivity index (χ2v) is 12.5. The first-order chi connectivity index (χ1) is 16.7. The van der Waals surface area contributed by atoms with Crippen LogP contribution in [0, 0.1) is 29.1 Å². The molecule has 5 rings (SSSR count). The van der Waals surface area contributed by atoms with Crippen LogP contribution in [0.4, 0.5) is 4.79 Å². The highest BCUT2D eigenvalue weighted by atomic mass is 16.7. The Bertz CT molecular complexity index is 1060. The molecule has 6 nitrogen and oxygen atoms in total. The molecule has 4 aliphatic rings. The van der Waals surface area contributed by atoms with Gasteiger partial charge in [-0.25, -0.2) is 4.79 Å². The number of rotatable bonds is 5. The minimum Gasteiger partial charge on any atom is -0.493 e. The Morgan fingerprint density at radius 1 is 1.14 bits per heavy atom. The van der Waals surface area contributed by atoms with Crippen molar-refractivity contribution in [3.63, 3.8) is 0 Å². The monoisotopic (exact) mass is 495 g/mol. The van der Waals surface area contributed by atoms with Crippen LogP contribution in [0.15, 0.2) is 35.9 Å². The first kappa shape index (κ1) is 26.6. The number of carboxylic acid groups (broad SMARTS) is 1. The highest BCUT2D eigenvalue weighted by molar-refractivity contribution is 5.68. The van der Waals surface area contributed by atoms with E-state index in [2.05, 4.69) is 31.8 Å². The molecule has 1 aromatic rings. The highest BCUT2D eigenvalue weighted by Crippen LogP contribution is 2.59. The maximum absolute atomic E-state index is 12.3. The van der Waals surface area contributed by atoms with E-state index < -0.39 is 23.0 Å². The van der Waals surface area contributed by atoms with Crippen molar-refractivity contribution in [2.24, 2.45) is 17.3 Å². The van der Waals surface area contributed by atoms with E-state index in [9.17, 15) is 9.90 Å². The second kappa shape index (κ2) is 9.43. The summed E-state index contributed by atoms with van der Waals surface area (Å²) >= 11 is 0. The van der Waals surface area contributed by atoms with Crippen LogP contribution in [0.2, 0.25) is 0 Å². The molecule has 1 aliphatic heterocycles. The number of carbonyl (C=O) groups is 1. The second-order valence-electron chi connectivity index (χ2n) is 12.5. The van der Waals surface area contributed by atoms with Crippen molar-refractivity contribution in [1.82, 2.24) is 4.90 Å². The number of amides is 1. The Morgan fingerprint density at radius 2 is 1.78 bits per heavy atom. The summed E-state index contributed by atoms with van der Waals surface area (Å²) in [6, 6.07) is 7.66. The number of allylic oxidation sites excluding steroid dienone is 1. The molecular weight excluding hydrogens is 454 g/mol. The third-order valence-electron chi connectivity index (χ3n) is 8.14. The Labute approximate surface area is 216 Å². The first-order valence-electron chi connectivity index (χ1n) is 13.0. The lowest BCUT2D eigenvalue weighted by atomic mass is 9.48. The van der Waals surface area contributed by atoms with Gasteiger partial charge >= 0.3 is 6.09 Å². The smallest absolute Gasteiger partial charge is 0.409 e. The molecule has 2 bridgehead atoms. The van der Waals surface area contributed by atoms with Gasteiger partial charge in [-0.15, -0.1) is 0 Å². The van der Waals surface area contributed by atoms with Gasteiger partial charge in [-0.05, 0) is 89.0 Å². The van der Waals surface area contributed by atoms with Crippen LogP contribution in [0.3, 0.4) is 0 Å². The predicted octanol–water partition coefficient (Wildman–Crippen LogP) is 6.10. The van der Waals surface area contributed by atoms with Crippen LogP contribution in [0.5, 0.6) is 5.75 Å². The number of hydrogen-bond acceptors (Lipinski definition) is 4. The van der Waals surface area contributed by atoms with Crippen LogP contribution in [-0.4, -0.2) is 52.8 Å². The quantitative estimate of drug-likeness (QED) is 0.395. The van der Waals surface area contributed by atoms with Crippen molar-refractivity contribution in [2.75, 3.05) is 19.8 Å². The maximum atomic E-state index is 12.3. The summed E-state index contributed by atoms with van der Waals surface area (Å²) in [7, 11) is 0. The minimum absolute atomic E-state index is 0.131. The van der Waals surface area contributed by atoms with E-state index in [1.807, 2.05) is 58.9 Å². The fourth-order valence-corrected chi connectivity index (χ4v) is 5.91. The van der Waals surface area contributed by atoms with Crippen molar-refractivity contribution in [3.05, 3.63) is 41.5 Å². The number of nitrogens with zero attached hydrogens (tertiary/aromatic N) is 1. The third kappa shape index (κ3) is 5.28. The molecule has 2 fully saturated rings. The molecule has 3 aliphatic carbocycles. The fraction of sp³-hybridized carbons (Fsp3) is 0.633. The summed E-state index contributed by atoms with van der Waals surface area (Å²) in [6.07, 6.45) is 4.88. The van der Waals surface area contributed by atoms with Crippen LogP contribution in [0.1, 0.15) is 73.3 Å². The van der Waals surface area contributed by atoms with Gasteiger partial charge in [0, 0.05) is 17.5 Å². The van der Waals surface area contributed by atoms with Crippen molar-refractivity contribution < 1.29 is 24.1 Å². The minimum atomic E-state index is -1.11. The Kier molecular flexibility index (Phi) is 6.96. The number of fused-ring (bicyclic) bond motifs is 1. The van der Waals surface area contributed by atoms with Crippen molar-refractivity contribution >= 4 is 6.09 Å². The molecule has 1 amide bonds. The molecule has 0 aromatic heterocycles. The predicted molar refractivity (Wildman–Crippen MR) is 140 cm³/mol. The normalized spacial score (nSPS) is 25.5. The lowest BCUT2D eigenvalue weighted by Gasteiger charge is -2.56. The molecule has 2 atom stereocenters. The van der Waals surface area contributed by atoms with Crippen LogP contribution < -0.4 is 4.74 Å². The molecule has 1 N–H and O–H groups in total. The average Bonchev–Trinajstić information content (AvgIpc) is 2.79. The molecule has 0 radical (unpaired) electrons. The molecule has 1 saturated heterocycles. The molecule has 196 valence electrons. The topological polar surface area (TPSA) is 68.2 Å². The van der Waals surface area contributed by atoms with Crippen molar-refractivity contribution in [3.8, 4) is 17.6 Å². The molecule has 1 aromatic carbocycles. The maximum Gasteiger partial charge on any atom is 0.409 e. The van der Waals surface area contributed by atoms with E-state index in [1.54, 1.807) is 5.57 Å². The SMILES string of the molecule is CC1(C)OCC(C#Cc2ccc(OCCC3=CCC4CC3C4(C)C)cc2)(N(C(=O)O)C(C)(C)C)CO1. The van der Waals surface area contributed by atoms with Gasteiger partial charge in [0.1, 0.15) is 5.75 Å². The van der Waals surface area contributed by atoms with E-state index >= 15 is 0 Å². The summed E-state index contributed by atoms with van der Waals surface area (Å²) in [4.78, 5) is 13.6. The zero-order valence-corrected chi connectivity index (χ0v) is 22.8. The number of hydrogen-bond donors (Lipinski definition) is 1. The lowest BCUT2D eigenvalue weighted by molar-refractivity contribution is -0.278. The van der Waals surface area contributed by atoms with Crippen molar-refractivity contribution in [2.45, 2.75) is 84.6 Å². The fourth-order valence-electron chi connectivity index (χ4n) is 5.91. The molecule has 0 spiro atoms. The summed E-state index contributed by atoms with van der Waals surface area (Å²) in [5, 5.41) is 10.0. The van der Waals surface area contributed by atoms with Crippen LogP contribution in [-0.2, 0) is 9.47 Å². The summed E-state index contributed by atoms with van der Waals surface area (Å²) in [5.41, 5.74) is 0.974. The standard InChI is InChI=1S/C30H41NO5/c1-27(2,3)31(26(32)33)30(19-35-29(6,7)36-20-30)16-14-21-8-12-24(13-9-21)34-17-15-22-10-11-23-18-25(22)28(23,4)5/h8-10,12-13,23,25H,11,15,17-20H2,1-7H3,(H,32,33). The van der Waals surface area contributed by atoms with Crippen molar-refractivity contribution in [1.29, 1.82) is 0 Å². The van der Waals surface area contributed by atoms with E-state index in [4.69, 9.17) is 14.2 Å². The Hall–Kier alpha value is -2.49. The highest BCUT2D eigenvalue weighted by Gasteiger charge is 2.51. The number of ether oxygens (including phenoxy) is 3. The van der Waals surface area contributed by atoms with E-state index in [-0.39, 0.29) is 13.2 Å². The van der Waals surface area contributed by atoms with Gasteiger partial charge in [-0.1, -0.05) is 37.3 Å². The van der Waals surface area contributed by atoms with E-state index in [0.29, 0.717) is 17.9 Å². The van der Waals surface area contributed by atoms with Gasteiger partial charge in [0.2, 0.25) is 0 Å². The molecule has 1 saturated carbocycles. The van der Waals surface area contributed by atoms with Gasteiger partial charge in [0.15, 0.2) is 11.3 Å². The summed E-state index contributed by atoms with van der Waals surface area (Å²) in [5.74, 6) is 7.95. The zero-order chi connectivity index (χ0) is 26.4. The summed E-state index contributed by atoms with van der Waals surface area (Å²) < 4.78 is 17.8. The number of benzene rings is 1. The molecule has 1 heterocycles. The lowest BCUT2D eigenvalue weighted by Crippen LogP contribution is -2.66. The Morgan fingerprint density at radius 3 is 2.31 bits per heavy atom. The van der Waals surface area contributed by atoms with Gasteiger partial charge in [-0.3, -0.25) is 4.90 Å². The molecule has 36 heavy (non-hydrogen) atoms. The van der Waals surface area contributed by atoms with E-state index in [1.165, 1.54) is 17.7 Å².